The molecule has 7 nitrogen and oxygen atoms in total. The molecule has 0 bridgehead atoms. The van der Waals surface area contributed by atoms with Crippen molar-refractivity contribution in [1.82, 2.24) is 20.0 Å². The van der Waals surface area contributed by atoms with E-state index >= 15 is 0 Å². The highest BCUT2D eigenvalue weighted by Gasteiger charge is 2.34. The summed E-state index contributed by atoms with van der Waals surface area (Å²) in [6.45, 7) is 12.0. The maximum absolute atomic E-state index is 13.2. The van der Waals surface area contributed by atoms with Crippen LogP contribution in [0.25, 0.3) is 0 Å². The standard InChI is InChI=1S/C23H31N5O2/c1-16-7-5-6-8-19(16)26-11-13-27(14-12-26)21(29)20-17-15-28(22(30)23(2,3)4)10-9-18(17)24-25-20/h5-8H,9-15H2,1-4H3,(H,24,25). The van der Waals surface area contributed by atoms with Gasteiger partial charge in [-0.05, 0) is 18.6 Å². The molecule has 0 unspecified atom stereocenters. The molecule has 0 atom stereocenters. The van der Waals surface area contributed by atoms with Crippen molar-refractivity contribution < 1.29 is 9.59 Å². The molecule has 4 rings (SSSR count). The second kappa shape index (κ2) is 7.78. The van der Waals surface area contributed by atoms with Gasteiger partial charge in [-0.3, -0.25) is 14.7 Å². The van der Waals surface area contributed by atoms with E-state index in [1.54, 1.807) is 0 Å². The Morgan fingerprint density at radius 1 is 1.00 bits per heavy atom. The van der Waals surface area contributed by atoms with Gasteiger partial charge in [-0.15, -0.1) is 0 Å². The first-order chi connectivity index (χ1) is 14.3. The number of H-pyrrole nitrogens is 1. The topological polar surface area (TPSA) is 72.5 Å². The molecule has 7 heteroatoms. The average Bonchev–Trinajstić information content (AvgIpc) is 3.15. The fourth-order valence-electron chi connectivity index (χ4n) is 4.34. The summed E-state index contributed by atoms with van der Waals surface area (Å²) in [7, 11) is 0. The number of rotatable bonds is 2. The van der Waals surface area contributed by atoms with Crippen LogP contribution < -0.4 is 4.90 Å². The van der Waals surface area contributed by atoms with Crippen molar-refractivity contribution in [2.75, 3.05) is 37.6 Å². The van der Waals surface area contributed by atoms with Crippen LogP contribution in [0.4, 0.5) is 5.69 Å². The lowest BCUT2D eigenvalue weighted by Crippen LogP contribution is -2.49. The van der Waals surface area contributed by atoms with Gasteiger partial charge in [-0.2, -0.15) is 5.10 Å². The molecule has 0 aliphatic carbocycles. The minimum atomic E-state index is -0.433. The number of nitrogens with one attached hydrogen (secondary N) is 1. The summed E-state index contributed by atoms with van der Waals surface area (Å²) >= 11 is 0. The number of piperazine rings is 1. The van der Waals surface area contributed by atoms with Gasteiger partial charge in [0.25, 0.3) is 5.91 Å². The number of anilines is 1. The van der Waals surface area contributed by atoms with Crippen molar-refractivity contribution in [2.45, 2.75) is 40.7 Å². The van der Waals surface area contributed by atoms with Crippen LogP contribution in [0.1, 0.15) is 48.1 Å². The highest BCUT2D eigenvalue weighted by atomic mass is 16.2. The fourth-order valence-corrected chi connectivity index (χ4v) is 4.34. The maximum Gasteiger partial charge on any atom is 0.274 e. The van der Waals surface area contributed by atoms with Crippen molar-refractivity contribution in [2.24, 2.45) is 5.41 Å². The van der Waals surface area contributed by atoms with Gasteiger partial charge in [0.15, 0.2) is 5.69 Å². The predicted molar refractivity (Wildman–Crippen MR) is 116 cm³/mol. The molecule has 2 aliphatic rings. The van der Waals surface area contributed by atoms with Gasteiger partial charge in [0.1, 0.15) is 0 Å². The van der Waals surface area contributed by atoms with Crippen LogP contribution in [0.5, 0.6) is 0 Å². The van der Waals surface area contributed by atoms with Gasteiger partial charge in [0, 0.05) is 68.0 Å². The van der Waals surface area contributed by atoms with E-state index in [9.17, 15) is 9.59 Å². The SMILES string of the molecule is Cc1ccccc1N1CCN(C(=O)c2n[nH]c3c2CN(C(=O)C(C)(C)C)CC3)CC1. The van der Waals surface area contributed by atoms with Crippen molar-refractivity contribution in [3.05, 3.63) is 46.8 Å². The number of para-hydroxylation sites is 1. The van der Waals surface area contributed by atoms with Gasteiger partial charge in [0.05, 0.1) is 0 Å². The summed E-state index contributed by atoms with van der Waals surface area (Å²) in [4.78, 5) is 32.0. The van der Waals surface area contributed by atoms with Gasteiger partial charge in [0.2, 0.25) is 5.91 Å². The molecule has 3 heterocycles. The Kier molecular flexibility index (Phi) is 5.30. The molecule has 30 heavy (non-hydrogen) atoms. The zero-order chi connectivity index (χ0) is 21.5. The van der Waals surface area contributed by atoms with E-state index in [1.807, 2.05) is 36.6 Å². The molecule has 2 aliphatic heterocycles. The number of hydrogen-bond donors (Lipinski definition) is 1. The van der Waals surface area contributed by atoms with Crippen LogP contribution in [0.15, 0.2) is 24.3 Å². The quantitative estimate of drug-likeness (QED) is 0.828. The van der Waals surface area contributed by atoms with Crippen LogP contribution in [-0.4, -0.2) is 64.5 Å². The first kappa shape index (κ1) is 20.4. The molecular formula is C23H31N5O2. The maximum atomic E-state index is 13.2. The smallest absolute Gasteiger partial charge is 0.274 e. The lowest BCUT2D eigenvalue weighted by molar-refractivity contribution is -0.140. The van der Waals surface area contributed by atoms with E-state index < -0.39 is 5.41 Å². The first-order valence-electron chi connectivity index (χ1n) is 10.7. The fraction of sp³-hybridized carbons (Fsp3) is 0.522. The number of carbonyl (C=O) groups excluding carboxylic acids is 2. The Balaban J connectivity index is 1.45. The summed E-state index contributed by atoms with van der Waals surface area (Å²) in [5, 5.41) is 7.39. The summed E-state index contributed by atoms with van der Waals surface area (Å²) in [6.07, 6.45) is 0.707. The van der Waals surface area contributed by atoms with Crippen LogP contribution >= 0.6 is 0 Å². The van der Waals surface area contributed by atoms with Crippen molar-refractivity contribution in [3.63, 3.8) is 0 Å². The molecular weight excluding hydrogens is 378 g/mol. The molecule has 1 N–H and O–H groups in total. The Morgan fingerprint density at radius 3 is 2.37 bits per heavy atom. The molecule has 1 aromatic heterocycles. The zero-order valence-electron chi connectivity index (χ0n) is 18.4. The Bertz CT molecular complexity index is 951. The highest BCUT2D eigenvalue weighted by Crippen LogP contribution is 2.27. The number of amides is 2. The third kappa shape index (κ3) is 3.80. The molecule has 1 aromatic carbocycles. The Morgan fingerprint density at radius 2 is 1.70 bits per heavy atom. The number of carbonyl (C=O) groups is 2. The lowest BCUT2D eigenvalue weighted by Gasteiger charge is -2.37. The molecule has 1 saturated heterocycles. The zero-order valence-corrected chi connectivity index (χ0v) is 18.4. The number of aryl methyl sites for hydroxylation is 1. The normalized spacial score (nSPS) is 17.1. The van der Waals surface area contributed by atoms with E-state index in [0.717, 1.165) is 24.3 Å². The molecule has 0 radical (unpaired) electrons. The second-order valence-corrected chi connectivity index (χ2v) is 9.32. The van der Waals surface area contributed by atoms with Crippen molar-refractivity contribution >= 4 is 17.5 Å². The molecule has 0 spiro atoms. The number of aromatic amines is 1. The Hall–Kier alpha value is -2.83. The van der Waals surface area contributed by atoms with E-state index in [1.165, 1.54) is 11.3 Å². The summed E-state index contributed by atoms with van der Waals surface area (Å²) in [5.41, 5.74) is 4.39. The number of fused-ring (bicyclic) bond motifs is 1. The molecule has 160 valence electrons. The molecule has 0 saturated carbocycles. The van der Waals surface area contributed by atoms with Crippen LogP contribution in [0.3, 0.4) is 0 Å². The van der Waals surface area contributed by atoms with E-state index in [0.29, 0.717) is 38.3 Å². The lowest BCUT2D eigenvalue weighted by atomic mass is 9.93. The minimum absolute atomic E-state index is 0.0398. The van der Waals surface area contributed by atoms with Gasteiger partial charge in [-0.25, -0.2) is 0 Å². The minimum Gasteiger partial charge on any atom is -0.368 e. The van der Waals surface area contributed by atoms with Crippen LogP contribution in [-0.2, 0) is 17.8 Å². The summed E-state index contributed by atoms with van der Waals surface area (Å²) in [5.74, 6) is 0.0709. The van der Waals surface area contributed by atoms with E-state index in [2.05, 4.69) is 40.2 Å². The van der Waals surface area contributed by atoms with Crippen molar-refractivity contribution in [1.29, 1.82) is 0 Å². The summed E-state index contributed by atoms with van der Waals surface area (Å²) < 4.78 is 0. The highest BCUT2D eigenvalue weighted by molar-refractivity contribution is 5.94. The first-order valence-corrected chi connectivity index (χ1v) is 10.7. The predicted octanol–water partition coefficient (Wildman–Crippen LogP) is 2.61. The van der Waals surface area contributed by atoms with E-state index in [-0.39, 0.29) is 11.8 Å². The van der Waals surface area contributed by atoms with Gasteiger partial charge < -0.3 is 14.7 Å². The third-order valence-electron chi connectivity index (χ3n) is 6.09. The Labute approximate surface area is 178 Å². The number of hydrogen-bond acceptors (Lipinski definition) is 4. The van der Waals surface area contributed by atoms with Crippen molar-refractivity contribution in [3.8, 4) is 0 Å². The van der Waals surface area contributed by atoms with Gasteiger partial charge in [-0.1, -0.05) is 39.0 Å². The average molecular weight is 410 g/mol. The monoisotopic (exact) mass is 409 g/mol. The van der Waals surface area contributed by atoms with Crippen LogP contribution in [0, 0.1) is 12.3 Å². The third-order valence-corrected chi connectivity index (χ3v) is 6.09. The molecule has 1 fully saturated rings. The van der Waals surface area contributed by atoms with Gasteiger partial charge >= 0.3 is 0 Å². The largest absolute Gasteiger partial charge is 0.368 e. The van der Waals surface area contributed by atoms with Crippen LogP contribution in [0.2, 0.25) is 0 Å². The number of benzene rings is 1. The summed E-state index contributed by atoms with van der Waals surface area (Å²) in [6, 6.07) is 8.36. The number of nitrogens with zero attached hydrogens (tertiary/aromatic N) is 4. The van der Waals surface area contributed by atoms with E-state index in [4.69, 9.17) is 0 Å². The molecule has 2 amide bonds. The number of aromatic nitrogens is 2. The molecule has 2 aromatic rings. The second-order valence-electron chi connectivity index (χ2n) is 9.32.